The zero-order chi connectivity index (χ0) is 19.4. The van der Waals surface area contributed by atoms with Gasteiger partial charge >= 0.3 is 5.97 Å². The second-order valence-electron chi connectivity index (χ2n) is 5.92. The van der Waals surface area contributed by atoms with Crippen LogP contribution in [0.1, 0.15) is 18.4 Å². The lowest BCUT2D eigenvalue weighted by molar-refractivity contribution is -0.137. The molecule has 1 fully saturated rings. The number of carbonyl (C=O) groups excluding carboxylic acids is 1. The van der Waals surface area contributed by atoms with Gasteiger partial charge in [-0.15, -0.1) is 0 Å². The molecule has 0 saturated carbocycles. The molecule has 0 aliphatic carbocycles. The Bertz CT molecular complexity index is 925. The summed E-state index contributed by atoms with van der Waals surface area (Å²) in [6.07, 6.45) is 2.21. The molecule has 0 aromatic heterocycles. The van der Waals surface area contributed by atoms with Crippen molar-refractivity contribution < 1.29 is 14.7 Å². The first kappa shape index (κ1) is 19.6. The van der Waals surface area contributed by atoms with Crippen LogP contribution in [0, 0.1) is 0 Å². The van der Waals surface area contributed by atoms with Gasteiger partial charge in [-0.25, -0.2) is 0 Å². The van der Waals surface area contributed by atoms with Gasteiger partial charge in [0.05, 0.1) is 4.91 Å². The van der Waals surface area contributed by atoms with Gasteiger partial charge in [0.15, 0.2) is 0 Å². The molecule has 0 radical (unpaired) electrons. The van der Waals surface area contributed by atoms with Crippen LogP contribution in [0.3, 0.4) is 0 Å². The number of carbonyl (C=O) groups is 2. The maximum Gasteiger partial charge on any atom is 0.303 e. The largest absolute Gasteiger partial charge is 0.481 e. The zero-order valence-corrected chi connectivity index (χ0v) is 16.6. The van der Waals surface area contributed by atoms with Crippen molar-refractivity contribution in [3.05, 3.63) is 64.0 Å². The molecule has 1 heterocycles. The van der Waals surface area contributed by atoms with Crippen LogP contribution in [0.2, 0.25) is 5.02 Å². The van der Waals surface area contributed by atoms with Crippen LogP contribution in [0.5, 0.6) is 0 Å². The van der Waals surface area contributed by atoms with E-state index in [1.54, 1.807) is 0 Å². The average Bonchev–Trinajstić information content (AvgIpc) is 2.90. The van der Waals surface area contributed by atoms with Crippen LogP contribution in [0.15, 0.2) is 53.4 Å². The summed E-state index contributed by atoms with van der Waals surface area (Å²) in [5.74, 6) is -1.06. The summed E-state index contributed by atoms with van der Waals surface area (Å²) in [5.41, 5.74) is 2.90. The summed E-state index contributed by atoms with van der Waals surface area (Å²) in [6.45, 7) is 0.313. The van der Waals surface area contributed by atoms with Crippen LogP contribution >= 0.6 is 35.6 Å². The third-order valence-electron chi connectivity index (χ3n) is 4.05. The van der Waals surface area contributed by atoms with Gasteiger partial charge in [-0.05, 0) is 41.3 Å². The number of halogens is 1. The first-order valence-corrected chi connectivity index (χ1v) is 9.88. The first-order valence-electron chi connectivity index (χ1n) is 8.28. The number of benzene rings is 2. The van der Waals surface area contributed by atoms with E-state index in [-0.39, 0.29) is 12.3 Å². The third kappa shape index (κ3) is 4.77. The molecule has 0 unspecified atom stereocenters. The zero-order valence-electron chi connectivity index (χ0n) is 14.2. The van der Waals surface area contributed by atoms with Crippen LogP contribution in [-0.2, 0) is 9.59 Å². The number of carboxylic acids is 1. The maximum atomic E-state index is 12.7. The lowest BCUT2D eigenvalue weighted by atomic mass is 9.99. The minimum atomic E-state index is -0.882. The minimum absolute atomic E-state index is 0.00943. The number of thiocarbonyl (C=S) groups is 1. The summed E-state index contributed by atoms with van der Waals surface area (Å²) in [6, 6.07) is 15.3. The van der Waals surface area contributed by atoms with E-state index in [0.717, 1.165) is 16.7 Å². The Balaban J connectivity index is 1.85. The van der Waals surface area contributed by atoms with Crippen molar-refractivity contribution in [3.63, 3.8) is 0 Å². The molecule has 138 valence electrons. The third-order valence-corrected chi connectivity index (χ3v) is 5.68. The van der Waals surface area contributed by atoms with E-state index in [1.165, 1.54) is 16.7 Å². The van der Waals surface area contributed by atoms with Gasteiger partial charge in [0.25, 0.3) is 5.91 Å². The summed E-state index contributed by atoms with van der Waals surface area (Å²) < 4.78 is 0.459. The Hall–Kier alpha value is -2.15. The smallest absolute Gasteiger partial charge is 0.303 e. The van der Waals surface area contributed by atoms with E-state index in [0.29, 0.717) is 27.2 Å². The minimum Gasteiger partial charge on any atom is -0.481 e. The van der Waals surface area contributed by atoms with E-state index < -0.39 is 5.97 Å². The lowest BCUT2D eigenvalue weighted by Crippen LogP contribution is -2.29. The summed E-state index contributed by atoms with van der Waals surface area (Å²) >= 11 is 12.5. The van der Waals surface area contributed by atoms with Crippen molar-refractivity contribution >= 4 is 57.9 Å². The normalized spacial score (nSPS) is 15.6. The van der Waals surface area contributed by atoms with Gasteiger partial charge in [-0.3, -0.25) is 14.5 Å². The Morgan fingerprint density at radius 2 is 1.89 bits per heavy atom. The predicted octanol–water partition coefficient (Wildman–Crippen LogP) is 5.07. The maximum absolute atomic E-state index is 12.7. The van der Waals surface area contributed by atoms with Crippen molar-refractivity contribution in [3.8, 4) is 11.1 Å². The Labute approximate surface area is 171 Å². The molecule has 0 bridgehead atoms. The highest BCUT2D eigenvalue weighted by Crippen LogP contribution is 2.35. The van der Waals surface area contributed by atoms with E-state index in [4.69, 9.17) is 28.9 Å². The number of hydrogen-bond donors (Lipinski definition) is 1. The number of thioether (sulfide) groups is 1. The van der Waals surface area contributed by atoms with E-state index in [1.807, 2.05) is 54.6 Å². The number of rotatable bonds is 6. The highest BCUT2D eigenvalue weighted by molar-refractivity contribution is 8.26. The number of amides is 1. The molecule has 1 aliphatic heterocycles. The average molecular weight is 418 g/mol. The van der Waals surface area contributed by atoms with Gasteiger partial charge in [-0.2, -0.15) is 0 Å². The molecule has 0 atom stereocenters. The van der Waals surface area contributed by atoms with Crippen molar-refractivity contribution in [2.24, 2.45) is 0 Å². The molecule has 3 rings (SSSR count). The van der Waals surface area contributed by atoms with Crippen LogP contribution < -0.4 is 0 Å². The molecule has 1 aliphatic rings. The van der Waals surface area contributed by atoms with Gasteiger partial charge in [0.1, 0.15) is 4.32 Å². The van der Waals surface area contributed by atoms with Crippen LogP contribution in [0.4, 0.5) is 0 Å². The fourth-order valence-corrected chi connectivity index (χ4v) is 4.16. The second kappa shape index (κ2) is 8.69. The van der Waals surface area contributed by atoms with Crippen molar-refractivity contribution in [2.45, 2.75) is 12.8 Å². The van der Waals surface area contributed by atoms with Gasteiger partial charge in [0.2, 0.25) is 0 Å². The molecule has 7 heteroatoms. The summed E-state index contributed by atoms with van der Waals surface area (Å²) in [7, 11) is 0. The van der Waals surface area contributed by atoms with Gasteiger partial charge < -0.3 is 5.11 Å². The van der Waals surface area contributed by atoms with Crippen molar-refractivity contribution in [1.82, 2.24) is 4.90 Å². The molecule has 1 N–H and O–H groups in total. The molecule has 2 aromatic rings. The van der Waals surface area contributed by atoms with E-state index >= 15 is 0 Å². The SMILES string of the molecule is O=C(O)CCCN1C(=O)C(=Cc2ccccc2-c2ccc(Cl)cc2)SC1=S. The lowest BCUT2D eigenvalue weighted by Gasteiger charge is -2.13. The molecule has 27 heavy (non-hydrogen) atoms. The molecule has 1 amide bonds. The van der Waals surface area contributed by atoms with Crippen LogP contribution in [0.25, 0.3) is 17.2 Å². The standard InChI is InChI=1S/C20H16ClNO3S2/c21-15-9-7-13(8-10-15)16-5-2-1-4-14(16)12-17-19(25)22(20(26)27-17)11-3-6-18(23)24/h1-2,4-5,7-10,12H,3,6,11H2,(H,23,24). The van der Waals surface area contributed by atoms with E-state index in [9.17, 15) is 9.59 Å². The fourth-order valence-electron chi connectivity index (χ4n) is 2.74. The Kier molecular flexibility index (Phi) is 6.31. The van der Waals surface area contributed by atoms with Gasteiger partial charge in [0, 0.05) is 18.0 Å². The molecule has 0 spiro atoms. The van der Waals surface area contributed by atoms with Crippen molar-refractivity contribution in [1.29, 1.82) is 0 Å². The highest BCUT2D eigenvalue weighted by atomic mass is 35.5. The Morgan fingerprint density at radius 1 is 1.19 bits per heavy atom. The number of aliphatic carboxylic acids is 1. The van der Waals surface area contributed by atoms with E-state index in [2.05, 4.69) is 0 Å². The number of nitrogens with zero attached hydrogens (tertiary/aromatic N) is 1. The monoisotopic (exact) mass is 417 g/mol. The topological polar surface area (TPSA) is 57.6 Å². The molecule has 2 aromatic carbocycles. The molecular formula is C20H16ClNO3S2. The number of hydrogen-bond acceptors (Lipinski definition) is 4. The summed E-state index contributed by atoms with van der Waals surface area (Å²) in [4.78, 5) is 25.4. The molecule has 4 nitrogen and oxygen atoms in total. The van der Waals surface area contributed by atoms with Crippen LogP contribution in [-0.4, -0.2) is 32.7 Å². The first-order chi connectivity index (χ1) is 13.0. The molecular weight excluding hydrogens is 402 g/mol. The summed E-state index contributed by atoms with van der Waals surface area (Å²) in [5, 5.41) is 9.43. The quantitative estimate of drug-likeness (QED) is 0.525. The van der Waals surface area contributed by atoms with Gasteiger partial charge in [-0.1, -0.05) is 72.0 Å². The Morgan fingerprint density at radius 3 is 2.59 bits per heavy atom. The molecule has 1 saturated heterocycles. The van der Waals surface area contributed by atoms with Crippen molar-refractivity contribution in [2.75, 3.05) is 6.54 Å². The predicted molar refractivity (Wildman–Crippen MR) is 114 cm³/mol. The second-order valence-corrected chi connectivity index (χ2v) is 8.04. The fraction of sp³-hybridized carbons (Fsp3) is 0.150. The number of carboxylic acid groups (broad SMARTS) is 1. The highest BCUT2D eigenvalue weighted by Gasteiger charge is 2.31.